The fourth-order valence-electron chi connectivity index (χ4n) is 3.81. The molecule has 0 atom stereocenters. The van der Waals surface area contributed by atoms with E-state index in [-0.39, 0.29) is 5.91 Å². The van der Waals surface area contributed by atoms with Crippen LogP contribution in [0.2, 0.25) is 5.02 Å². The van der Waals surface area contributed by atoms with Gasteiger partial charge < -0.3 is 14.4 Å². The molecule has 1 fully saturated rings. The minimum Gasteiger partial charge on any atom is -0.457 e. The van der Waals surface area contributed by atoms with Gasteiger partial charge in [-0.25, -0.2) is 0 Å². The van der Waals surface area contributed by atoms with Crippen molar-refractivity contribution in [2.24, 2.45) is 0 Å². The number of carbonyl (C=O) groups is 1. The van der Waals surface area contributed by atoms with Gasteiger partial charge in [0, 0.05) is 44.2 Å². The van der Waals surface area contributed by atoms with Crippen LogP contribution < -0.4 is 4.74 Å². The lowest BCUT2D eigenvalue weighted by Gasteiger charge is -2.30. The maximum absolute atomic E-state index is 13.0. The summed E-state index contributed by atoms with van der Waals surface area (Å²) in [4.78, 5) is 17.4. The molecule has 0 unspecified atom stereocenters. The molecule has 0 N–H and O–H groups in total. The van der Waals surface area contributed by atoms with Gasteiger partial charge in [-0.3, -0.25) is 9.69 Å². The molecule has 1 heterocycles. The first-order valence-corrected chi connectivity index (χ1v) is 12.1. The van der Waals surface area contributed by atoms with E-state index in [0.717, 1.165) is 69.3 Å². The predicted octanol–water partition coefficient (Wildman–Crippen LogP) is 5.76. The molecule has 0 aliphatic carbocycles. The summed E-state index contributed by atoms with van der Waals surface area (Å²) in [6.07, 6.45) is 5.05. The van der Waals surface area contributed by atoms with E-state index >= 15 is 0 Å². The fourth-order valence-corrected chi connectivity index (χ4v) is 3.93. The third-order valence-corrected chi connectivity index (χ3v) is 5.96. The zero-order chi connectivity index (χ0) is 22.6. The van der Waals surface area contributed by atoms with Crippen LogP contribution in [0.5, 0.6) is 11.5 Å². The standard InChI is InChI=1S/C26H35ClN2O3/c1-2-3-4-5-9-26(30)29(15-14-28-16-18-31-19-17-28)21-22-7-6-8-25(20-22)32-24-12-10-23(27)11-13-24/h6-8,10-13,20H,2-5,9,14-19,21H2,1H3. The summed E-state index contributed by atoms with van der Waals surface area (Å²) < 4.78 is 11.4. The topological polar surface area (TPSA) is 42.0 Å². The van der Waals surface area contributed by atoms with Crippen molar-refractivity contribution in [1.29, 1.82) is 0 Å². The predicted molar refractivity (Wildman–Crippen MR) is 129 cm³/mol. The van der Waals surface area contributed by atoms with Gasteiger partial charge in [0.05, 0.1) is 13.2 Å². The van der Waals surface area contributed by atoms with Gasteiger partial charge in [0.1, 0.15) is 11.5 Å². The van der Waals surface area contributed by atoms with Crippen LogP contribution in [-0.2, 0) is 16.1 Å². The number of hydrogen-bond acceptors (Lipinski definition) is 4. The first kappa shape index (κ1) is 24.6. The van der Waals surface area contributed by atoms with E-state index in [1.807, 2.05) is 47.4 Å². The van der Waals surface area contributed by atoms with Crippen molar-refractivity contribution >= 4 is 17.5 Å². The van der Waals surface area contributed by atoms with Crippen molar-refractivity contribution in [2.45, 2.75) is 45.6 Å². The molecule has 0 aromatic heterocycles. The van der Waals surface area contributed by atoms with E-state index in [4.69, 9.17) is 21.1 Å². The Morgan fingerprint density at radius 1 is 1.06 bits per heavy atom. The Labute approximate surface area is 197 Å². The maximum Gasteiger partial charge on any atom is 0.222 e. The average Bonchev–Trinajstić information content (AvgIpc) is 2.82. The molecular weight excluding hydrogens is 424 g/mol. The second-order valence-electron chi connectivity index (χ2n) is 8.28. The lowest BCUT2D eigenvalue weighted by atomic mass is 10.1. The van der Waals surface area contributed by atoms with E-state index in [1.54, 1.807) is 0 Å². The van der Waals surface area contributed by atoms with Crippen molar-refractivity contribution in [1.82, 2.24) is 9.80 Å². The number of hydrogen-bond donors (Lipinski definition) is 0. The van der Waals surface area contributed by atoms with Gasteiger partial charge in [-0.15, -0.1) is 0 Å². The van der Waals surface area contributed by atoms with E-state index in [0.29, 0.717) is 18.0 Å². The number of nitrogens with zero attached hydrogens (tertiary/aromatic N) is 2. The first-order valence-electron chi connectivity index (χ1n) is 11.7. The molecule has 32 heavy (non-hydrogen) atoms. The van der Waals surface area contributed by atoms with Crippen LogP contribution in [0.4, 0.5) is 0 Å². The van der Waals surface area contributed by atoms with Gasteiger partial charge in [0.2, 0.25) is 5.91 Å². The molecule has 0 spiro atoms. The second kappa shape index (κ2) is 13.5. The Balaban J connectivity index is 1.62. The highest BCUT2D eigenvalue weighted by Gasteiger charge is 2.17. The molecule has 1 aliphatic rings. The summed E-state index contributed by atoms with van der Waals surface area (Å²) in [5.41, 5.74) is 1.07. The van der Waals surface area contributed by atoms with Crippen LogP contribution in [0.15, 0.2) is 48.5 Å². The fraction of sp³-hybridized carbons (Fsp3) is 0.500. The molecule has 5 nitrogen and oxygen atoms in total. The minimum absolute atomic E-state index is 0.235. The number of unbranched alkanes of at least 4 members (excludes halogenated alkanes) is 3. The lowest BCUT2D eigenvalue weighted by Crippen LogP contribution is -2.42. The number of ether oxygens (including phenoxy) is 2. The molecule has 1 aliphatic heterocycles. The van der Waals surface area contributed by atoms with Gasteiger partial charge in [-0.05, 0) is 48.4 Å². The van der Waals surface area contributed by atoms with Crippen LogP contribution in [0, 0.1) is 0 Å². The molecular formula is C26H35ClN2O3. The van der Waals surface area contributed by atoms with E-state index in [2.05, 4.69) is 17.9 Å². The van der Waals surface area contributed by atoms with Crippen LogP contribution in [0.1, 0.15) is 44.6 Å². The highest BCUT2D eigenvalue weighted by atomic mass is 35.5. The van der Waals surface area contributed by atoms with Crippen LogP contribution in [-0.4, -0.2) is 55.1 Å². The van der Waals surface area contributed by atoms with Gasteiger partial charge in [-0.2, -0.15) is 0 Å². The zero-order valence-corrected chi connectivity index (χ0v) is 19.9. The number of halogens is 1. The monoisotopic (exact) mass is 458 g/mol. The van der Waals surface area contributed by atoms with Crippen LogP contribution in [0.3, 0.4) is 0 Å². The number of rotatable bonds is 12. The minimum atomic E-state index is 0.235. The number of benzene rings is 2. The Bertz CT molecular complexity index is 822. The molecule has 0 bridgehead atoms. The number of amides is 1. The highest BCUT2D eigenvalue weighted by Crippen LogP contribution is 2.24. The second-order valence-corrected chi connectivity index (χ2v) is 8.72. The summed E-state index contributed by atoms with van der Waals surface area (Å²) in [6, 6.07) is 15.3. The van der Waals surface area contributed by atoms with Gasteiger partial charge in [0.25, 0.3) is 0 Å². The van der Waals surface area contributed by atoms with Crippen molar-refractivity contribution in [3.8, 4) is 11.5 Å². The molecule has 1 saturated heterocycles. The van der Waals surface area contributed by atoms with E-state index < -0.39 is 0 Å². The van der Waals surface area contributed by atoms with Crippen LogP contribution >= 0.6 is 11.6 Å². The Kier molecular flexibility index (Phi) is 10.3. The third-order valence-electron chi connectivity index (χ3n) is 5.71. The van der Waals surface area contributed by atoms with Crippen LogP contribution in [0.25, 0.3) is 0 Å². The molecule has 1 amide bonds. The summed E-state index contributed by atoms with van der Waals surface area (Å²) in [7, 11) is 0. The molecule has 0 radical (unpaired) electrons. The summed E-state index contributed by atoms with van der Waals surface area (Å²) in [5, 5.41) is 0.680. The maximum atomic E-state index is 13.0. The van der Waals surface area contributed by atoms with Crippen molar-refractivity contribution < 1.29 is 14.3 Å². The van der Waals surface area contributed by atoms with Gasteiger partial charge in [0.15, 0.2) is 0 Å². The van der Waals surface area contributed by atoms with Crippen molar-refractivity contribution in [3.63, 3.8) is 0 Å². The largest absolute Gasteiger partial charge is 0.457 e. The third kappa shape index (κ3) is 8.45. The zero-order valence-electron chi connectivity index (χ0n) is 19.1. The summed E-state index contributed by atoms with van der Waals surface area (Å²) in [5.74, 6) is 1.73. The Morgan fingerprint density at radius 2 is 1.84 bits per heavy atom. The number of carbonyl (C=O) groups excluding carboxylic acids is 1. The summed E-state index contributed by atoms with van der Waals surface area (Å²) >= 11 is 5.96. The lowest BCUT2D eigenvalue weighted by molar-refractivity contribution is -0.132. The van der Waals surface area contributed by atoms with Gasteiger partial charge >= 0.3 is 0 Å². The molecule has 3 rings (SSSR count). The van der Waals surface area contributed by atoms with Crippen molar-refractivity contribution in [2.75, 3.05) is 39.4 Å². The van der Waals surface area contributed by atoms with Crippen molar-refractivity contribution in [3.05, 3.63) is 59.1 Å². The average molecular weight is 459 g/mol. The molecule has 2 aromatic rings. The normalized spacial score (nSPS) is 14.3. The molecule has 2 aromatic carbocycles. The molecule has 6 heteroatoms. The van der Waals surface area contributed by atoms with Gasteiger partial charge in [-0.1, -0.05) is 49.9 Å². The Hall–Kier alpha value is -2.08. The molecule has 174 valence electrons. The SMILES string of the molecule is CCCCCCC(=O)N(CCN1CCOCC1)Cc1cccc(Oc2ccc(Cl)cc2)c1. The molecule has 0 saturated carbocycles. The van der Waals surface area contributed by atoms with E-state index in [9.17, 15) is 4.79 Å². The first-order chi connectivity index (χ1) is 15.6. The summed E-state index contributed by atoms with van der Waals surface area (Å²) in [6.45, 7) is 7.81. The van der Waals surface area contributed by atoms with E-state index in [1.165, 1.54) is 12.8 Å². The quantitative estimate of drug-likeness (QED) is 0.379. The Morgan fingerprint density at radius 3 is 2.59 bits per heavy atom. The smallest absolute Gasteiger partial charge is 0.222 e. The highest BCUT2D eigenvalue weighted by molar-refractivity contribution is 6.30. The number of morpholine rings is 1.